The van der Waals surface area contributed by atoms with Gasteiger partial charge in [-0.1, -0.05) is 30.3 Å². The van der Waals surface area contributed by atoms with Crippen LogP contribution in [-0.4, -0.2) is 82.0 Å². The van der Waals surface area contributed by atoms with Crippen LogP contribution < -0.4 is 9.47 Å². The summed E-state index contributed by atoms with van der Waals surface area (Å²) in [6.07, 6.45) is 1.75. The van der Waals surface area contributed by atoms with Crippen molar-refractivity contribution in [1.29, 1.82) is 0 Å². The van der Waals surface area contributed by atoms with Crippen molar-refractivity contribution in [3.63, 3.8) is 0 Å². The van der Waals surface area contributed by atoms with Crippen LogP contribution in [0, 0.1) is 0 Å². The second-order valence-corrected chi connectivity index (χ2v) is 10.1. The molecule has 4 atom stereocenters. The molecule has 3 aliphatic heterocycles. The van der Waals surface area contributed by atoms with Gasteiger partial charge in [-0.3, -0.25) is 9.69 Å². The molecule has 0 radical (unpaired) electrons. The lowest BCUT2D eigenvalue weighted by Gasteiger charge is -2.42. The lowest BCUT2D eigenvalue weighted by atomic mass is 9.87. The molecular weight excluding hydrogens is 456 g/mol. The molecule has 0 saturated carbocycles. The molecule has 7 nitrogen and oxygen atoms in total. The van der Waals surface area contributed by atoms with Gasteiger partial charge >= 0.3 is 0 Å². The number of aliphatic hydroxyl groups excluding tert-OH is 2. The molecule has 5 rings (SSSR count). The van der Waals surface area contributed by atoms with Crippen LogP contribution in [0.1, 0.15) is 35.2 Å². The molecular formula is C26H31ClN2O5. The lowest BCUT2D eigenvalue weighted by Crippen LogP contribution is -2.52. The molecule has 8 heteroatoms. The van der Waals surface area contributed by atoms with Crippen molar-refractivity contribution in [3.05, 3.63) is 59.7 Å². The third-order valence-electron chi connectivity index (χ3n) is 7.05. The van der Waals surface area contributed by atoms with E-state index in [2.05, 4.69) is 11.0 Å². The summed E-state index contributed by atoms with van der Waals surface area (Å²) >= 11 is 6.73. The molecule has 2 saturated heterocycles. The predicted octanol–water partition coefficient (Wildman–Crippen LogP) is 2.67. The van der Waals surface area contributed by atoms with Crippen LogP contribution in [0.15, 0.2) is 48.5 Å². The van der Waals surface area contributed by atoms with E-state index in [-0.39, 0.29) is 23.6 Å². The number of aliphatic hydroxyl groups is 2. The summed E-state index contributed by atoms with van der Waals surface area (Å²) in [5.41, 5.74) is 1.16. The Hall–Kier alpha value is -2.32. The zero-order chi connectivity index (χ0) is 23.7. The Balaban J connectivity index is 1.14. The quantitative estimate of drug-likeness (QED) is 0.482. The number of carbonyl (C=O) groups is 1. The molecule has 3 aliphatic rings. The molecule has 1 amide bonds. The van der Waals surface area contributed by atoms with Gasteiger partial charge in [0.25, 0.3) is 5.91 Å². The Kier molecular flexibility index (Phi) is 6.71. The van der Waals surface area contributed by atoms with Crippen LogP contribution in [0.25, 0.3) is 0 Å². The van der Waals surface area contributed by atoms with Crippen molar-refractivity contribution < 1.29 is 24.5 Å². The zero-order valence-electron chi connectivity index (χ0n) is 19.1. The van der Waals surface area contributed by atoms with E-state index in [9.17, 15) is 15.0 Å². The highest BCUT2D eigenvalue weighted by Crippen LogP contribution is 2.43. The number of nitrogens with zero attached hydrogens (tertiary/aromatic N) is 2. The SMILES string of the molecule is O=C(c1ccccc1OC[C@@H](O)CN1CC[C@@]2(Cc3ccccc3O2)CC1Cl)N1CC[C@H](O)C1. The van der Waals surface area contributed by atoms with E-state index in [0.717, 1.165) is 25.1 Å². The van der Waals surface area contributed by atoms with Crippen molar-refractivity contribution >= 4 is 17.5 Å². The van der Waals surface area contributed by atoms with Crippen LogP contribution in [0.2, 0.25) is 0 Å². The number of hydrogen-bond donors (Lipinski definition) is 2. The van der Waals surface area contributed by atoms with Crippen LogP contribution >= 0.6 is 11.6 Å². The molecule has 2 aromatic carbocycles. The first-order chi connectivity index (χ1) is 16.4. The first-order valence-corrected chi connectivity index (χ1v) is 12.4. The van der Waals surface area contributed by atoms with Gasteiger partial charge < -0.3 is 24.6 Å². The smallest absolute Gasteiger partial charge is 0.257 e. The van der Waals surface area contributed by atoms with E-state index in [1.807, 2.05) is 18.2 Å². The number of likely N-dealkylation sites (tertiary alicyclic amines) is 2. The summed E-state index contributed by atoms with van der Waals surface area (Å²) in [6, 6.07) is 15.2. The zero-order valence-corrected chi connectivity index (χ0v) is 19.9. The minimum absolute atomic E-state index is 0.0557. The Bertz CT molecular complexity index is 1010. The van der Waals surface area contributed by atoms with Crippen molar-refractivity contribution in [2.24, 2.45) is 0 Å². The normalized spacial score (nSPS) is 27.4. The fourth-order valence-electron chi connectivity index (χ4n) is 5.23. The number of β-amino-alcohol motifs (C(OH)–C–C–N with tert-alkyl or cyclic N) is 2. The summed E-state index contributed by atoms with van der Waals surface area (Å²) < 4.78 is 12.2. The van der Waals surface area contributed by atoms with E-state index >= 15 is 0 Å². The summed E-state index contributed by atoms with van der Waals surface area (Å²) in [6.45, 7) is 2.02. The number of halogens is 1. The molecule has 0 aliphatic carbocycles. The third-order valence-corrected chi connectivity index (χ3v) is 7.48. The highest BCUT2D eigenvalue weighted by atomic mass is 35.5. The van der Waals surface area contributed by atoms with Crippen molar-refractivity contribution in [3.8, 4) is 11.5 Å². The number of rotatable bonds is 6. The average molecular weight is 487 g/mol. The van der Waals surface area contributed by atoms with E-state index in [1.165, 1.54) is 5.56 Å². The second-order valence-electron chi connectivity index (χ2n) is 9.61. The largest absolute Gasteiger partial charge is 0.490 e. The monoisotopic (exact) mass is 486 g/mol. The van der Waals surface area contributed by atoms with Crippen molar-refractivity contribution in [2.45, 2.75) is 49.0 Å². The number of fused-ring (bicyclic) bond motifs is 1. The molecule has 182 valence electrons. The molecule has 3 heterocycles. The first kappa shape index (κ1) is 23.4. The maximum atomic E-state index is 12.9. The number of amides is 1. The summed E-state index contributed by atoms with van der Waals surface area (Å²) in [5, 5.41) is 20.4. The Labute approximate surface area is 204 Å². The van der Waals surface area contributed by atoms with Gasteiger partial charge in [-0.25, -0.2) is 0 Å². The molecule has 0 aromatic heterocycles. The molecule has 2 N–H and O–H groups in total. The summed E-state index contributed by atoms with van der Waals surface area (Å²) in [5.74, 6) is 1.22. The summed E-state index contributed by atoms with van der Waals surface area (Å²) in [7, 11) is 0. The fraction of sp³-hybridized carbons (Fsp3) is 0.500. The van der Waals surface area contributed by atoms with Gasteiger partial charge in [-0.2, -0.15) is 0 Å². The number of hydrogen-bond acceptors (Lipinski definition) is 6. The number of piperidine rings is 1. The van der Waals surface area contributed by atoms with Gasteiger partial charge in [0.15, 0.2) is 0 Å². The lowest BCUT2D eigenvalue weighted by molar-refractivity contribution is -0.0124. The predicted molar refractivity (Wildman–Crippen MR) is 128 cm³/mol. The van der Waals surface area contributed by atoms with Gasteiger partial charge in [-0.15, -0.1) is 11.6 Å². The van der Waals surface area contributed by atoms with E-state index in [4.69, 9.17) is 21.1 Å². The van der Waals surface area contributed by atoms with Crippen molar-refractivity contribution in [2.75, 3.05) is 32.8 Å². The highest BCUT2D eigenvalue weighted by Gasteiger charge is 2.45. The van der Waals surface area contributed by atoms with Gasteiger partial charge in [0.05, 0.1) is 17.2 Å². The maximum absolute atomic E-state index is 12.9. The van der Waals surface area contributed by atoms with Gasteiger partial charge in [0.1, 0.15) is 29.8 Å². The highest BCUT2D eigenvalue weighted by molar-refractivity contribution is 6.20. The molecule has 34 heavy (non-hydrogen) atoms. The fourth-order valence-corrected chi connectivity index (χ4v) is 5.68. The second kappa shape index (κ2) is 9.74. The van der Waals surface area contributed by atoms with Gasteiger partial charge in [0.2, 0.25) is 0 Å². The van der Waals surface area contributed by atoms with Crippen molar-refractivity contribution in [1.82, 2.24) is 9.80 Å². The van der Waals surface area contributed by atoms with Crippen LogP contribution in [0.3, 0.4) is 0 Å². The van der Waals surface area contributed by atoms with Gasteiger partial charge in [-0.05, 0) is 30.2 Å². The van der Waals surface area contributed by atoms with E-state index in [1.54, 1.807) is 29.2 Å². The average Bonchev–Trinajstić information content (AvgIpc) is 3.42. The molecule has 2 fully saturated rings. The number of benzene rings is 2. The minimum atomic E-state index is -0.756. The van der Waals surface area contributed by atoms with Crippen LogP contribution in [0.4, 0.5) is 0 Å². The standard InChI is InChI=1S/C26H31ClN2O5/c27-24-14-26(13-18-5-1-3-7-22(18)34-26)10-12-28(24)16-20(31)17-33-23-8-4-2-6-21(23)25(32)29-11-9-19(30)15-29/h1-8,19-20,24,30-31H,9-17H2/t19-,20-,24?,26+/m0/s1. The Morgan fingerprint density at radius 1 is 1.21 bits per heavy atom. The summed E-state index contributed by atoms with van der Waals surface area (Å²) in [4.78, 5) is 16.6. The number of ether oxygens (including phenoxy) is 2. The maximum Gasteiger partial charge on any atom is 0.257 e. The molecule has 0 bridgehead atoms. The Morgan fingerprint density at radius 3 is 2.76 bits per heavy atom. The topological polar surface area (TPSA) is 82.5 Å². The number of para-hydroxylation sites is 2. The molecule has 1 spiro atoms. The first-order valence-electron chi connectivity index (χ1n) is 11.9. The van der Waals surface area contributed by atoms with Gasteiger partial charge in [0, 0.05) is 45.4 Å². The number of alkyl halides is 1. The molecule has 1 unspecified atom stereocenters. The number of carbonyl (C=O) groups excluding carboxylic acids is 1. The van der Waals surface area contributed by atoms with E-state index in [0.29, 0.717) is 43.8 Å². The van der Waals surface area contributed by atoms with E-state index < -0.39 is 12.2 Å². The molecule has 2 aromatic rings. The van der Waals surface area contributed by atoms with Crippen LogP contribution in [0.5, 0.6) is 11.5 Å². The van der Waals surface area contributed by atoms with Crippen LogP contribution in [-0.2, 0) is 6.42 Å². The third kappa shape index (κ3) is 4.89. The Morgan fingerprint density at radius 2 is 2.00 bits per heavy atom. The minimum Gasteiger partial charge on any atom is -0.490 e.